The molecule has 5 nitrogen and oxygen atoms in total. The molecule has 26 heavy (non-hydrogen) atoms. The van der Waals surface area contributed by atoms with Crippen molar-refractivity contribution in [1.82, 2.24) is 19.3 Å². The summed E-state index contributed by atoms with van der Waals surface area (Å²) in [5.41, 5.74) is 2.87. The number of aryl methyl sites for hydroxylation is 2. The molecule has 4 aromatic rings. The fraction of sp³-hybridized carbons (Fsp3) is 0.278. The van der Waals surface area contributed by atoms with Crippen LogP contribution in [0.2, 0.25) is 0 Å². The molecule has 134 valence electrons. The van der Waals surface area contributed by atoms with E-state index in [9.17, 15) is 4.79 Å². The van der Waals surface area contributed by atoms with Gasteiger partial charge in [0.25, 0.3) is 0 Å². The summed E-state index contributed by atoms with van der Waals surface area (Å²) in [5, 5.41) is 4.99. The van der Waals surface area contributed by atoms with Gasteiger partial charge in [0.05, 0.1) is 34.9 Å². The van der Waals surface area contributed by atoms with Crippen molar-refractivity contribution in [2.24, 2.45) is 0 Å². The highest BCUT2D eigenvalue weighted by Crippen LogP contribution is 2.28. The van der Waals surface area contributed by atoms with Crippen LogP contribution in [0, 0.1) is 13.8 Å². The van der Waals surface area contributed by atoms with Gasteiger partial charge in [-0.25, -0.2) is 9.97 Å². The minimum atomic E-state index is 0.0642. The topological polar surface area (TPSA) is 50.5 Å². The predicted molar refractivity (Wildman–Crippen MR) is 108 cm³/mol. The van der Waals surface area contributed by atoms with Crippen LogP contribution < -0.4 is 0 Å². The molecule has 1 amide bonds. The third-order valence-electron chi connectivity index (χ3n) is 4.17. The lowest BCUT2D eigenvalue weighted by Gasteiger charge is -2.16. The first-order valence-electron chi connectivity index (χ1n) is 8.17. The van der Waals surface area contributed by atoms with E-state index in [-0.39, 0.29) is 5.91 Å². The molecule has 0 aliphatic rings. The van der Waals surface area contributed by atoms with E-state index in [4.69, 9.17) is 0 Å². The number of imidazole rings is 1. The van der Waals surface area contributed by atoms with Crippen LogP contribution >= 0.6 is 34.0 Å². The average Bonchev–Trinajstić information content (AvgIpc) is 3.35. The minimum absolute atomic E-state index is 0.0642. The molecule has 0 atom stereocenters. The Morgan fingerprint density at radius 3 is 2.88 bits per heavy atom. The Kier molecular flexibility index (Phi) is 4.64. The largest absolute Gasteiger partial charge is 0.340 e. The van der Waals surface area contributed by atoms with E-state index in [1.807, 2.05) is 30.8 Å². The Morgan fingerprint density at radius 1 is 1.27 bits per heavy atom. The van der Waals surface area contributed by atoms with Crippen LogP contribution in [-0.4, -0.2) is 32.2 Å². The molecule has 0 fully saturated rings. The number of carbonyl (C=O) groups excluding carboxylic acids is 1. The summed E-state index contributed by atoms with van der Waals surface area (Å²) in [6.45, 7) is 4.61. The van der Waals surface area contributed by atoms with Gasteiger partial charge < -0.3 is 4.90 Å². The second-order valence-corrected chi connectivity index (χ2v) is 9.21. The molecule has 4 rings (SSSR count). The van der Waals surface area contributed by atoms with Crippen LogP contribution in [0.15, 0.2) is 29.1 Å². The predicted octanol–water partition coefficient (Wildman–Crippen LogP) is 4.40. The second kappa shape index (κ2) is 6.94. The maximum absolute atomic E-state index is 12.7. The first-order valence-corrected chi connectivity index (χ1v) is 10.7. The van der Waals surface area contributed by atoms with E-state index in [1.54, 1.807) is 38.9 Å². The van der Waals surface area contributed by atoms with Crippen LogP contribution in [0.5, 0.6) is 0 Å². The number of carbonyl (C=O) groups is 1. The van der Waals surface area contributed by atoms with Gasteiger partial charge in [0.1, 0.15) is 5.01 Å². The molecule has 0 aliphatic heterocycles. The smallest absolute Gasteiger partial charge is 0.228 e. The number of aromatic nitrogens is 3. The molecule has 0 aromatic carbocycles. The molecular formula is C18H18N4OS3. The molecule has 8 heteroatoms. The maximum Gasteiger partial charge on any atom is 0.228 e. The van der Waals surface area contributed by atoms with E-state index in [0.717, 1.165) is 31.9 Å². The van der Waals surface area contributed by atoms with Gasteiger partial charge in [0.15, 0.2) is 4.96 Å². The summed E-state index contributed by atoms with van der Waals surface area (Å²) in [6, 6.07) is 4.07. The Morgan fingerprint density at radius 2 is 2.12 bits per heavy atom. The van der Waals surface area contributed by atoms with Gasteiger partial charge in [-0.3, -0.25) is 9.20 Å². The van der Waals surface area contributed by atoms with Crippen molar-refractivity contribution in [3.05, 3.63) is 51.0 Å². The van der Waals surface area contributed by atoms with Gasteiger partial charge in [0, 0.05) is 23.5 Å². The SMILES string of the molecule is Cc1cn2c(CN(C)C(=O)Cc3csc(-c4cccs4)n3)c(C)nc2s1. The van der Waals surface area contributed by atoms with Crippen molar-refractivity contribution in [1.29, 1.82) is 0 Å². The van der Waals surface area contributed by atoms with Crippen LogP contribution in [-0.2, 0) is 17.8 Å². The van der Waals surface area contributed by atoms with Crippen molar-refractivity contribution in [3.8, 4) is 9.88 Å². The first kappa shape index (κ1) is 17.4. The summed E-state index contributed by atoms with van der Waals surface area (Å²) < 4.78 is 2.09. The molecule has 4 aromatic heterocycles. The van der Waals surface area contributed by atoms with Gasteiger partial charge in [-0.15, -0.1) is 34.0 Å². The van der Waals surface area contributed by atoms with Crippen LogP contribution in [0.4, 0.5) is 0 Å². The molecule has 0 N–H and O–H groups in total. The zero-order valence-corrected chi connectivity index (χ0v) is 17.2. The Labute approximate surface area is 163 Å². The molecule has 0 unspecified atom stereocenters. The van der Waals surface area contributed by atoms with Gasteiger partial charge in [-0.2, -0.15) is 0 Å². The second-order valence-electron chi connectivity index (χ2n) is 6.19. The zero-order valence-electron chi connectivity index (χ0n) is 14.7. The molecule has 0 saturated heterocycles. The number of hydrogen-bond donors (Lipinski definition) is 0. The highest BCUT2D eigenvalue weighted by Gasteiger charge is 2.17. The summed E-state index contributed by atoms with van der Waals surface area (Å²) in [4.78, 5) is 27.0. The molecule has 0 bridgehead atoms. The van der Waals surface area contributed by atoms with Gasteiger partial charge in [-0.05, 0) is 25.3 Å². The zero-order chi connectivity index (χ0) is 18.3. The molecule has 4 heterocycles. The summed E-state index contributed by atoms with van der Waals surface area (Å²) in [6.07, 6.45) is 2.41. The van der Waals surface area contributed by atoms with Crippen molar-refractivity contribution < 1.29 is 4.79 Å². The average molecular weight is 403 g/mol. The minimum Gasteiger partial charge on any atom is -0.340 e. The van der Waals surface area contributed by atoms with Gasteiger partial charge in [-0.1, -0.05) is 6.07 Å². The van der Waals surface area contributed by atoms with Crippen LogP contribution in [0.3, 0.4) is 0 Å². The standard InChI is InChI=1S/C18H18N4OS3/c1-11-8-22-14(12(2)19-18(22)26-11)9-21(3)16(23)7-13-10-25-17(20-13)15-5-4-6-24-15/h4-6,8,10H,7,9H2,1-3H3. The summed E-state index contributed by atoms with van der Waals surface area (Å²) >= 11 is 4.92. The Bertz CT molecular complexity index is 1060. The van der Waals surface area contributed by atoms with E-state index < -0.39 is 0 Å². The van der Waals surface area contributed by atoms with Crippen LogP contribution in [0.25, 0.3) is 14.8 Å². The van der Waals surface area contributed by atoms with Crippen molar-refractivity contribution in [2.75, 3.05) is 7.05 Å². The van der Waals surface area contributed by atoms with E-state index in [2.05, 4.69) is 33.6 Å². The van der Waals surface area contributed by atoms with E-state index in [0.29, 0.717) is 13.0 Å². The maximum atomic E-state index is 12.7. The van der Waals surface area contributed by atoms with E-state index >= 15 is 0 Å². The third-order valence-corrected chi connectivity index (χ3v) is 7.00. The van der Waals surface area contributed by atoms with Crippen molar-refractivity contribution in [2.45, 2.75) is 26.8 Å². The number of nitrogens with zero attached hydrogens (tertiary/aromatic N) is 4. The summed E-state index contributed by atoms with van der Waals surface area (Å²) in [7, 11) is 1.84. The lowest BCUT2D eigenvalue weighted by molar-refractivity contribution is -0.129. The monoisotopic (exact) mass is 402 g/mol. The summed E-state index contributed by atoms with van der Waals surface area (Å²) in [5.74, 6) is 0.0642. The van der Waals surface area contributed by atoms with E-state index in [1.165, 1.54) is 4.88 Å². The number of thiophene rings is 1. The molecule has 0 aliphatic carbocycles. The molecule has 0 radical (unpaired) electrons. The quantitative estimate of drug-likeness (QED) is 0.497. The number of likely N-dealkylation sites (N-methyl/N-ethyl adjacent to an activating group) is 1. The van der Waals surface area contributed by atoms with Gasteiger partial charge >= 0.3 is 0 Å². The first-order chi connectivity index (χ1) is 12.5. The number of thiazole rings is 2. The highest BCUT2D eigenvalue weighted by molar-refractivity contribution is 7.20. The highest BCUT2D eigenvalue weighted by atomic mass is 32.1. The fourth-order valence-electron chi connectivity index (χ4n) is 2.80. The van der Waals surface area contributed by atoms with Gasteiger partial charge in [0.2, 0.25) is 5.91 Å². The number of fused-ring (bicyclic) bond motifs is 1. The Hall–Kier alpha value is -2.03. The lowest BCUT2D eigenvalue weighted by atomic mass is 10.2. The number of rotatable bonds is 5. The fourth-order valence-corrected chi connectivity index (χ4v) is 5.33. The molecule has 0 spiro atoms. The van der Waals surface area contributed by atoms with Crippen molar-refractivity contribution in [3.63, 3.8) is 0 Å². The van der Waals surface area contributed by atoms with Crippen LogP contribution in [0.1, 0.15) is 22.0 Å². The number of amides is 1. The lowest BCUT2D eigenvalue weighted by Crippen LogP contribution is -2.28. The number of hydrogen-bond acceptors (Lipinski definition) is 6. The third kappa shape index (κ3) is 3.32. The Balaban J connectivity index is 1.47. The molecular weight excluding hydrogens is 384 g/mol. The molecule has 0 saturated carbocycles. The normalized spacial score (nSPS) is 11.3. The van der Waals surface area contributed by atoms with Crippen molar-refractivity contribution >= 4 is 44.9 Å².